The van der Waals surface area contributed by atoms with Gasteiger partial charge in [0.1, 0.15) is 0 Å². The Balaban J connectivity index is 2.16. The van der Waals surface area contributed by atoms with Crippen molar-refractivity contribution in [1.29, 1.82) is 0 Å². The molecule has 0 aliphatic heterocycles. The van der Waals surface area contributed by atoms with E-state index in [1.54, 1.807) is 0 Å². The molecule has 0 aromatic heterocycles. The van der Waals surface area contributed by atoms with E-state index in [2.05, 4.69) is 12.2 Å². The summed E-state index contributed by atoms with van der Waals surface area (Å²) in [5.74, 6) is 1.13. The first-order valence-corrected chi connectivity index (χ1v) is 7.95. The minimum Gasteiger partial charge on any atom is -0.345 e. The molecule has 0 bridgehead atoms. The summed E-state index contributed by atoms with van der Waals surface area (Å²) in [6, 6.07) is 5.94. The van der Waals surface area contributed by atoms with Crippen LogP contribution in [0.3, 0.4) is 0 Å². The fourth-order valence-corrected chi connectivity index (χ4v) is 3.61. The molecular weight excluding hydrogens is 270 g/mol. The van der Waals surface area contributed by atoms with Gasteiger partial charge in [-0.25, -0.2) is 0 Å². The summed E-state index contributed by atoms with van der Waals surface area (Å²) in [4.78, 5) is 12.5. The highest BCUT2D eigenvalue weighted by molar-refractivity contribution is 6.19. The standard InChI is InChI=1S/C17H24ClNO/c1-12-6-7-15(14(3)9-12)16(20)19-17(11-18)8-4-5-13(2)10-17/h6-7,9,13H,4-5,8,10-11H2,1-3H3,(H,19,20). The van der Waals surface area contributed by atoms with Crippen LogP contribution in [0.1, 0.15) is 54.1 Å². The highest BCUT2D eigenvalue weighted by Gasteiger charge is 2.35. The summed E-state index contributed by atoms with van der Waals surface area (Å²) in [6.07, 6.45) is 4.34. The molecule has 2 atom stereocenters. The van der Waals surface area contributed by atoms with Crippen LogP contribution in [0.4, 0.5) is 0 Å². The van der Waals surface area contributed by atoms with Crippen molar-refractivity contribution in [2.45, 2.75) is 52.0 Å². The van der Waals surface area contributed by atoms with E-state index < -0.39 is 0 Å². The molecule has 1 aromatic carbocycles. The van der Waals surface area contributed by atoms with E-state index in [1.165, 1.54) is 12.0 Å². The largest absolute Gasteiger partial charge is 0.345 e. The smallest absolute Gasteiger partial charge is 0.252 e. The zero-order valence-corrected chi connectivity index (χ0v) is 13.4. The van der Waals surface area contributed by atoms with Crippen LogP contribution in [0, 0.1) is 19.8 Å². The van der Waals surface area contributed by atoms with Crippen LogP contribution in [0.2, 0.25) is 0 Å². The van der Waals surface area contributed by atoms with Gasteiger partial charge in [0.25, 0.3) is 5.91 Å². The van der Waals surface area contributed by atoms with E-state index >= 15 is 0 Å². The average molecular weight is 294 g/mol. The van der Waals surface area contributed by atoms with Crippen molar-refractivity contribution in [3.63, 3.8) is 0 Å². The molecule has 1 fully saturated rings. The van der Waals surface area contributed by atoms with Crippen LogP contribution >= 0.6 is 11.6 Å². The summed E-state index contributed by atoms with van der Waals surface area (Å²) in [6.45, 7) is 6.26. The van der Waals surface area contributed by atoms with Gasteiger partial charge in [-0.2, -0.15) is 0 Å². The maximum absolute atomic E-state index is 12.5. The second kappa shape index (κ2) is 6.17. The third-order valence-electron chi connectivity index (χ3n) is 4.35. The van der Waals surface area contributed by atoms with Gasteiger partial charge in [0.15, 0.2) is 0 Å². The number of rotatable bonds is 3. The van der Waals surface area contributed by atoms with Gasteiger partial charge in [-0.15, -0.1) is 11.6 Å². The maximum atomic E-state index is 12.5. The van der Waals surface area contributed by atoms with E-state index in [-0.39, 0.29) is 11.4 Å². The van der Waals surface area contributed by atoms with Crippen LogP contribution in [0.5, 0.6) is 0 Å². The van der Waals surface area contributed by atoms with E-state index in [9.17, 15) is 4.79 Å². The van der Waals surface area contributed by atoms with Crippen LogP contribution in [-0.4, -0.2) is 17.3 Å². The monoisotopic (exact) mass is 293 g/mol. The third kappa shape index (κ3) is 3.35. The van der Waals surface area contributed by atoms with Crippen molar-refractivity contribution in [3.8, 4) is 0 Å². The molecular formula is C17H24ClNO. The van der Waals surface area contributed by atoms with E-state index in [0.717, 1.165) is 30.4 Å². The highest BCUT2D eigenvalue weighted by atomic mass is 35.5. The first kappa shape index (κ1) is 15.4. The molecule has 2 nitrogen and oxygen atoms in total. The van der Waals surface area contributed by atoms with E-state index in [4.69, 9.17) is 11.6 Å². The number of amides is 1. The molecule has 1 N–H and O–H groups in total. The van der Waals surface area contributed by atoms with Gasteiger partial charge in [-0.05, 0) is 44.2 Å². The fraction of sp³-hybridized carbons (Fsp3) is 0.588. The van der Waals surface area contributed by atoms with Crippen molar-refractivity contribution >= 4 is 17.5 Å². The zero-order chi connectivity index (χ0) is 14.8. The number of hydrogen-bond donors (Lipinski definition) is 1. The highest BCUT2D eigenvalue weighted by Crippen LogP contribution is 2.33. The molecule has 20 heavy (non-hydrogen) atoms. The van der Waals surface area contributed by atoms with Crippen molar-refractivity contribution in [2.75, 3.05) is 5.88 Å². The zero-order valence-electron chi connectivity index (χ0n) is 12.6. The molecule has 0 heterocycles. The maximum Gasteiger partial charge on any atom is 0.252 e. The Morgan fingerprint density at radius 3 is 2.80 bits per heavy atom. The fourth-order valence-electron chi connectivity index (χ4n) is 3.30. The number of benzene rings is 1. The van der Waals surface area contributed by atoms with Gasteiger partial charge in [-0.1, -0.05) is 37.5 Å². The number of halogens is 1. The number of aryl methyl sites for hydroxylation is 2. The molecule has 1 aliphatic rings. The Bertz CT molecular complexity index is 500. The number of carbonyl (C=O) groups is 1. The second-order valence-electron chi connectivity index (χ2n) is 6.39. The number of alkyl halides is 1. The molecule has 0 spiro atoms. The van der Waals surface area contributed by atoms with E-state index in [0.29, 0.717) is 11.8 Å². The van der Waals surface area contributed by atoms with Crippen LogP contribution in [-0.2, 0) is 0 Å². The number of hydrogen-bond acceptors (Lipinski definition) is 1. The average Bonchev–Trinajstić information content (AvgIpc) is 2.38. The van der Waals surface area contributed by atoms with Crippen molar-refractivity contribution in [1.82, 2.24) is 5.32 Å². The lowest BCUT2D eigenvalue weighted by atomic mass is 9.77. The first-order valence-electron chi connectivity index (χ1n) is 7.41. The van der Waals surface area contributed by atoms with Crippen LogP contribution in [0.15, 0.2) is 18.2 Å². The van der Waals surface area contributed by atoms with Crippen molar-refractivity contribution in [2.24, 2.45) is 5.92 Å². The normalized spacial score (nSPS) is 26.3. The third-order valence-corrected chi connectivity index (χ3v) is 4.86. The molecule has 2 rings (SSSR count). The second-order valence-corrected chi connectivity index (χ2v) is 6.66. The first-order chi connectivity index (χ1) is 9.46. The molecule has 0 radical (unpaired) electrons. The minimum atomic E-state index is -0.229. The Hall–Kier alpha value is -1.02. The van der Waals surface area contributed by atoms with Gasteiger partial charge in [-0.3, -0.25) is 4.79 Å². The van der Waals surface area contributed by atoms with Gasteiger partial charge in [0, 0.05) is 11.4 Å². The predicted molar refractivity (Wildman–Crippen MR) is 84.5 cm³/mol. The lowest BCUT2D eigenvalue weighted by Crippen LogP contribution is -2.52. The molecule has 1 aliphatic carbocycles. The molecule has 0 saturated heterocycles. The predicted octanol–water partition coefficient (Wildman–Crippen LogP) is 4.22. The quantitative estimate of drug-likeness (QED) is 0.831. The summed E-state index contributed by atoms with van der Waals surface area (Å²) >= 11 is 6.18. The molecule has 1 amide bonds. The molecule has 2 unspecified atom stereocenters. The van der Waals surface area contributed by atoms with Gasteiger partial charge in [0.2, 0.25) is 0 Å². The lowest BCUT2D eigenvalue weighted by Gasteiger charge is -2.39. The Labute approximate surface area is 126 Å². The van der Waals surface area contributed by atoms with Crippen molar-refractivity contribution in [3.05, 3.63) is 34.9 Å². The number of nitrogens with one attached hydrogen (secondary N) is 1. The Kier molecular flexibility index (Phi) is 4.74. The SMILES string of the molecule is Cc1ccc(C(=O)NC2(CCl)CCCC(C)C2)c(C)c1. The van der Waals surface area contributed by atoms with Crippen molar-refractivity contribution < 1.29 is 4.79 Å². The lowest BCUT2D eigenvalue weighted by molar-refractivity contribution is 0.0866. The summed E-state index contributed by atoms with van der Waals surface area (Å²) in [5, 5.41) is 3.22. The van der Waals surface area contributed by atoms with Gasteiger partial charge < -0.3 is 5.32 Å². The molecule has 1 saturated carbocycles. The molecule has 110 valence electrons. The molecule has 3 heteroatoms. The molecule has 1 aromatic rings. The van der Waals surface area contributed by atoms with Gasteiger partial charge >= 0.3 is 0 Å². The Morgan fingerprint density at radius 2 is 2.20 bits per heavy atom. The number of carbonyl (C=O) groups excluding carboxylic acids is 1. The topological polar surface area (TPSA) is 29.1 Å². The summed E-state index contributed by atoms with van der Waals surface area (Å²) in [5.41, 5.74) is 2.74. The van der Waals surface area contributed by atoms with Crippen LogP contribution < -0.4 is 5.32 Å². The summed E-state index contributed by atoms with van der Waals surface area (Å²) in [7, 11) is 0. The van der Waals surface area contributed by atoms with Gasteiger partial charge in [0.05, 0.1) is 5.54 Å². The van der Waals surface area contributed by atoms with E-state index in [1.807, 2.05) is 32.0 Å². The Morgan fingerprint density at radius 1 is 1.45 bits per heavy atom. The van der Waals surface area contributed by atoms with Crippen LogP contribution in [0.25, 0.3) is 0 Å². The minimum absolute atomic E-state index is 0.0113. The summed E-state index contributed by atoms with van der Waals surface area (Å²) < 4.78 is 0.